The van der Waals surface area contributed by atoms with Gasteiger partial charge in [0.05, 0.1) is 10.0 Å². The summed E-state index contributed by atoms with van der Waals surface area (Å²) in [7, 11) is 0. The zero-order valence-corrected chi connectivity index (χ0v) is 12.9. The van der Waals surface area contributed by atoms with Crippen molar-refractivity contribution in [3.63, 3.8) is 0 Å². The number of nitrogens with one attached hydrogen (secondary N) is 2. The van der Waals surface area contributed by atoms with Crippen LogP contribution in [0.5, 0.6) is 0 Å². The van der Waals surface area contributed by atoms with Crippen LogP contribution in [-0.4, -0.2) is 17.9 Å². The van der Waals surface area contributed by atoms with Crippen LogP contribution in [0.25, 0.3) is 0 Å². The van der Waals surface area contributed by atoms with Crippen molar-refractivity contribution in [1.82, 2.24) is 5.32 Å². The maximum atomic E-state index is 11.7. The fourth-order valence-electron chi connectivity index (χ4n) is 2.23. The summed E-state index contributed by atoms with van der Waals surface area (Å²) in [4.78, 5) is 23.3. The third-order valence-corrected chi connectivity index (χ3v) is 4.01. The van der Waals surface area contributed by atoms with Crippen molar-refractivity contribution in [3.05, 3.63) is 40.4 Å². The lowest BCUT2D eigenvalue weighted by Gasteiger charge is -2.09. The molecule has 4 nitrogen and oxygen atoms in total. The number of carbonyl (C=O) groups is 2. The van der Waals surface area contributed by atoms with Crippen molar-refractivity contribution in [3.8, 4) is 0 Å². The molecule has 2 N–H and O–H groups in total. The van der Waals surface area contributed by atoms with Gasteiger partial charge in [-0.05, 0) is 31.0 Å². The Bertz CT molecular complexity index is 567. The van der Waals surface area contributed by atoms with Crippen molar-refractivity contribution in [2.45, 2.75) is 31.7 Å². The maximum Gasteiger partial charge on any atom is 0.248 e. The Morgan fingerprint density at radius 1 is 1.05 bits per heavy atom. The third kappa shape index (κ3) is 5.06. The minimum atomic E-state index is -0.394. The average Bonchev–Trinajstić information content (AvgIpc) is 2.93. The number of rotatable bonds is 4. The highest BCUT2D eigenvalue weighted by molar-refractivity contribution is 6.42. The Balaban J connectivity index is 1.83. The lowest BCUT2D eigenvalue weighted by Crippen LogP contribution is -2.31. The first-order valence-corrected chi connectivity index (χ1v) is 7.55. The van der Waals surface area contributed by atoms with Crippen molar-refractivity contribution in [1.29, 1.82) is 0 Å². The number of carbonyl (C=O) groups excluding carboxylic acids is 2. The molecule has 112 valence electrons. The van der Waals surface area contributed by atoms with Gasteiger partial charge in [0.1, 0.15) is 0 Å². The quantitative estimate of drug-likeness (QED) is 0.831. The largest absolute Gasteiger partial charge is 0.350 e. The van der Waals surface area contributed by atoms with E-state index < -0.39 is 5.91 Å². The van der Waals surface area contributed by atoms with Gasteiger partial charge >= 0.3 is 0 Å². The lowest BCUT2D eigenvalue weighted by molar-refractivity contribution is -0.117. The van der Waals surface area contributed by atoms with Crippen LogP contribution in [0.15, 0.2) is 30.4 Å². The smallest absolute Gasteiger partial charge is 0.248 e. The third-order valence-electron chi connectivity index (χ3n) is 3.27. The van der Waals surface area contributed by atoms with Crippen molar-refractivity contribution in [2.24, 2.45) is 0 Å². The number of amides is 2. The van der Waals surface area contributed by atoms with E-state index in [1.807, 2.05) is 0 Å². The molecule has 2 amide bonds. The molecule has 0 aliphatic heterocycles. The lowest BCUT2D eigenvalue weighted by atomic mass is 10.2. The minimum absolute atomic E-state index is 0.236. The van der Waals surface area contributed by atoms with Crippen molar-refractivity contribution < 1.29 is 9.59 Å². The molecule has 0 radical (unpaired) electrons. The van der Waals surface area contributed by atoms with E-state index in [0.717, 1.165) is 25.7 Å². The SMILES string of the molecule is O=C(/C=C\C(=O)NC1CCCC1)Nc1ccc(Cl)c(Cl)c1. The molecule has 1 saturated carbocycles. The van der Waals surface area contributed by atoms with Gasteiger partial charge in [0.15, 0.2) is 0 Å². The molecule has 0 bridgehead atoms. The van der Waals surface area contributed by atoms with Crippen LogP contribution in [-0.2, 0) is 9.59 Å². The van der Waals surface area contributed by atoms with Gasteiger partial charge in [-0.3, -0.25) is 9.59 Å². The summed E-state index contributed by atoms with van der Waals surface area (Å²) in [6.45, 7) is 0. The van der Waals surface area contributed by atoms with Gasteiger partial charge in [0, 0.05) is 23.9 Å². The van der Waals surface area contributed by atoms with Crippen LogP contribution in [0.1, 0.15) is 25.7 Å². The van der Waals surface area contributed by atoms with E-state index in [1.54, 1.807) is 18.2 Å². The molecule has 1 aromatic rings. The molecule has 1 aromatic carbocycles. The van der Waals surface area contributed by atoms with Crippen molar-refractivity contribution in [2.75, 3.05) is 5.32 Å². The van der Waals surface area contributed by atoms with Crippen LogP contribution in [0, 0.1) is 0 Å². The summed E-state index contributed by atoms with van der Waals surface area (Å²) in [5.74, 6) is -0.638. The highest BCUT2D eigenvalue weighted by Gasteiger charge is 2.15. The Hall–Kier alpha value is -1.52. The predicted octanol–water partition coefficient (Wildman–Crippen LogP) is 3.55. The van der Waals surface area contributed by atoms with Gasteiger partial charge in [-0.2, -0.15) is 0 Å². The monoisotopic (exact) mass is 326 g/mol. The molecule has 0 atom stereocenters. The van der Waals surface area contributed by atoms with Crippen LogP contribution < -0.4 is 10.6 Å². The van der Waals surface area contributed by atoms with Crippen LogP contribution in [0.4, 0.5) is 5.69 Å². The molecule has 1 aliphatic carbocycles. The van der Waals surface area contributed by atoms with E-state index in [2.05, 4.69) is 10.6 Å². The summed E-state index contributed by atoms with van der Waals surface area (Å²) in [6.07, 6.45) is 6.75. The van der Waals surface area contributed by atoms with Gasteiger partial charge < -0.3 is 10.6 Å². The summed E-state index contributed by atoms with van der Waals surface area (Å²) in [6, 6.07) is 5.02. The summed E-state index contributed by atoms with van der Waals surface area (Å²) in [5, 5.41) is 6.26. The predicted molar refractivity (Wildman–Crippen MR) is 84.6 cm³/mol. The molecule has 6 heteroatoms. The Morgan fingerprint density at radius 2 is 1.71 bits per heavy atom. The Labute approximate surface area is 133 Å². The fourth-order valence-corrected chi connectivity index (χ4v) is 2.53. The molecular weight excluding hydrogens is 311 g/mol. The van der Waals surface area contributed by atoms with E-state index in [1.165, 1.54) is 12.2 Å². The number of halogens is 2. The molecule has 0 saturated heterocycles. The normalized spacial score (nSPS) is 15.3. The van der Waals surface area contributed by atoms with Gasteiger partial charge in [0.25, 0.3) is 0 Å². The minimum Gasteiger partial charge on any atom is -0.350 e. The summed E-state index contributed by atoms with van der Waals surface area (Å²) >= 11 is 11.6. The molecule has 1 fully saturated rings. The average molecular weight is 327 g/mol. The van der Waals surface area contributed by atoms with Gasteiger partial charge in [-0.25, -0.2) is 0 Å². The van der Waals surface area contributed by atoms with Crippen LogP contribution in [0.2, 0.25) is 10.0 Å². The molecule has 0 spiro atoms. The maximum absolute atomic E-state index is 11.7. The summed E-state index contributed by atoms with van der Waals surface area (Å²) < 4.78 is 0. The number of benzene rings is 1. The molecule has 0 unspecified atom stereocenters. The molecule has 21 heavy (non-hydrogen) atoms. The Kier molecular flexibility index (Phi) is 5.65. The number of hydrogen-bond acceptors (Lipinski definition) is 2. The second-order valence-corrected chi connectivity index (χ2v) is 5.76. The standard InChI is InChI=1S/C15H16Cl2N2O2/c16-12-6-5-11(9-13(12)17)19-15(21)8-7-14(20)18-10-3-1-2-4-10/h5-10H,1-4H2,(H,18,20)(H,19,21)/b8-7-. The van der Waals surface area contributed by atoms with Crippen LogP contribution in [0.3, 0.4) is 0 Å². The number of anilines is 1. The zero-order valence-electron chi connectivity index (χ0n) is 11.4. The van der Waals surface area contributed by atoms with Gasteiger partial charge in [-0.15, -0.1) is 0 Å². The van der Waals surface area contributed by atoms with Gasteiger partial charge in [-0.1, -0.05) is 36.0 Å². The second kappa shape index (κ2) is 7.48. The molecule has 1 aliphatic rings. The fraction of sp³-hybridized carbons (Fsp3) is 0.333. The molecule has 2 rings (SSSR count). The van der Waals surface area contributed by atoms with Crippen molar-refractivity contribution >= 4 is 40.7 Å². The van der Waals surface area contributed by atoms with E-state index in [9.17, 15) is 9.59 Å². The van der Waals surface area contributed by atoms with E-state index in [-0.39, 0.29) is 11.9 Å². The topological polar surface area (TPSA) is 58.2 Å². The molecule has 0 aromatic heterocycles. The number of hydrogen-bond donors (Lipinski definition) is 2. The molecular formula is C15H16Cl2N2O2. The first-order valence-electron chi connectivity index (χ1n) is 6.79. The van der Waals surface area contributed by atoms with E-state index in [0.29, 0.717) is 15.7 Å². The first kappa shape index (κ1) is 15.9. The summed E-state index contributed by atoms with van der Waals surface area (Å²) in [5.41, 5.74) is 0.523. The zero-order chi connectivity index (χ0) is 15.2. The highest BCUT2D eigenvalue weighted by Crippen LogP contribution is 2.24. The second-order valence-electron chi connectivity index (χ2n) is 4.94. The van der Waals surface area contributed by atoms with E-state index >= 15 is 0 Å². The van der Waals surface area contributed by atoms with Gasteiger partial charge in [0.2, 0.25) is 11.8 Å². The molecule has 0 heterocycles. The first-order chi connectivity index (χ1) is 10.0. The van der Waals surface area contributed by atoms with E-state index in [4.69, 9.17) is 23.2 Å². The Morgan fingerprint density at radius 3 is 2.38 bits per heavy atom. The van der Waals surface area contributed by atoms with Crippen LogP contribution >= 0.6 is 23.2 Å². The highest BCUT2D eigenvalue weighted by atomic mass is 35.5.